The third-order valence-electron chi connectivity index (χ3n) is 1.22. The van der Waals surface area contributed by atoms with Crippen LogP contribution in [0.4, 0.5) is 0 Å². The van der Waals surface area contributed by atoms with Gasteiger partial charge in [-0.3, -0.25) is 0 Å². The second-order valence-electron chi connectivity index (χ2n) is 2.18. The van der Waals surface area contributed by atoms with Crippen molar-refractivity contribution in [2.45, 2.75) is 6.42 Å². The zero-order valence-electron chi connectivity index (χ0n) is 6.49. The third-order valence-corrected chi connectivity index (χ3v) is 2.55. The maximum Gasteiger partial charge on any atom is 0.198 e. The molecule has 0 aromatic heterocycles. The van der Waals surface area contributed by atoms with Crippen molar-refractivity contribution >= 4 is 8.38 Å². The van der Waals surface area contributed by atoms with Crippen LogP contribution in [0.2, 0.25) is 0 Å². The molecule has 1 rings (SSSR count). The molecule has 0 radical (unpaired) electrons. The van der Waals surface area contributed by atoms with Crippen LogP contribution in [0.3, 0.4) is 0 Å². The maximum absolute atomic E-state index is 5.30. The predicted octanol–water partition coefficient (Wildman–Crippen LogP) is 0.668. The summed E-state index contributed by atoms with van der Waals surface area (Å²) >= 11 is 0. The molecule has 1 aliphatic heterocycles. The van der Waals surface area contributed by atoms with E-state index in [1.54, 1.807) is 0 Å². The van der Waals surface area contributed by atoms with E-state index in [0.717, 1.165) is 19.6 Å². The van der Waals surface area contributed by atoms with Crippen LogP contribution >= 0.6 is 8.38 Å². The van der Waals surface area contributed by atoms with Gasteiger partial charge in [-0.05, 0) is 6.42 Å². The molecule has 4 nitrogen and oxygen atoms in total. The number of ether oxygens (including phenoxy) is 1. The lowest BCUT2D eigenvalue weighted by Gasteiger charge is -2.21. The summed E-state index contributed by atoms with van der Waals surface area (Å²) in [5.41, 5.74) is 5.24. The number of rotatable bonds is 4. The van der Waals surface area contributed by atoms with Gasteiger partial charge in [0.25, 0.3) is 0 Å². The van der Waals surface area contributed by atoms with E-state index < -0.39 is 8.38 Å². The lowest BCUT2D eigenvalue weighted by atomic mass is 10.5. The van der Waals surface area contributed by atoms with Gasteiger partial charge in [-0.25, -0.2) is 0 Å². The van der Waals surface area contributed by atoms with Gasteiger partial charge in [0.05, 0.1) is 19.8 Å². The smallest absolute Gasteiger partial charge is 0.198 e. The molecule has 0 spiro atoms. The second-order valence-corrected chi connectivity index (χ2v) is 3.62. The molecule has 0 aromatic rings. The van der Waals surface area contributed by atoms with Crippen LogP contribution in [-0.4, -0.2) is 32.7 Å². The molecular formula is C6H14NO3P. The van der Waals surface area contributed by atoms with Gasteiger partial charge in [0.2, 0.25) is 0 Å². The first-order valence-corrected chi connectivity index (χ1v) is 5.11. The number of nitrogens with two attached hydrogens (primary N) is 1. The van der Waals surface area contributed by atoms with Gasteiger partial charge in [-0.1, -0.05) is 0 Å². The molecule has 0 aromatic carbocycles. The summed E-state index contributed by atoms with van der Waals surface area (Å²) in [6.07, 6.45) is 1.56. The Bertz CT molecular complexity index is 97.8. The Morgan fingerprint density at radius 3 is 2.73 bits per heavy atom. The summed E-state index contributed by atoms with van der Waals surface area (Å²) in [5.74, 6) is 0. The molecule has 0 unspecified atom stereocenters. The van der Waals surface area contributed by atoms with Crippen molar-refractivity contribution in [2.75, 3.05) is 32.7 Å². The highest BCUT2D eigenvalue weighted by molar-refractivity contribution is 7.47. The number of hydrogen-bond acceptors (Lipinski definition) is 4. The minimum atomic E-state index is -0.761. The lowest BCUT2D eigenvalue weighted by Crippen LogP contribution is -2.12. The van der Waals surface area contributed by atoms with Crippen LogP contribution < -0.4 is 5.73 Å². The Kier molecular flexibility index (Phi) is 4.99. The Morgan fingerprint density at radius 1 is 1.36 bits per heavy atom. The van der Waals surface area contributed by atoms with E-state index in [1.165, 1.54) is 0 Å². The minimum absolute atomic E-state index is 0.559. The lowest BCUT2D eigenvalue weighted by molar-refractivity contribution is 0.131. The molecule has 66 valence electrons. The van der Waals surface area contributed by atoms with E-state index in [0.29, 0.717) is 19.5 Å². The molecule has 1 saturated heterocycles. The summed E-state index contributed by atoms with van der Waals surface area (Å²) in [6.45, 7) is 2.75. The summed E-state index contributed by atoms with van der Waals surface area (Å²) < 4.78 is 15.8. The quantitative estimate of drug-likeness (QED) is 0.509. The topological polar surface area (TPSA) is 53.7 Å². The Labute approximate surface area is 67.9 Å². The largest absolute Gasteiger partial charge is 0.371 e. The molecular weight excluding hydrogens is 165 g/mol. The van der Waals surface area contributed by atoms with Crippen molar-refractivity contribution in [1.29, 1.82) is 0 Å². The SMILES string of the molecule is NCCOCP1OCCCO1. The Balaban J connectivity index is 1.96. The van der Waals surface area contributed by atoms with Crippen LogP contribution in [0.5, 0.6) is 0 Å². The van der Waals surface area contributed by atoms with Crippen LogP contribution in [0.1, 0.15) is 6.42 Å². The van der Waals surface area contributed by atoms with Crippen molar-refractivity contribution in [3.05, 3.63) is 0 Å². The fourth-order valence-electron chi connectivity index (χ4n) is 0.726. The predicted molar refractivity (Wildman–Crippen MR) is 43.3 cm³/mol. The van der Waals surface area contributed by atoms with Crippen LogP contribution in [-0.2, 0) is 13.8 Å². The van der Waals surface area contributed by atoms with E-state index in [9.17, 15) is 0 Å². The molecule has 1 heterocycles. The molecule has 0 saturated carbocycles. The van der Waals surface area contributed by atoms with Crippen molar-refractivity contribution in [1.82, 2.24) is 0 Å². The molecule has 0 bridgehead atoms. The molecule has 2 N–H and O–H groups in total. The summed E-state index contributed by atoms with van der Waals surface area (Å²) in [7, 11) is -0.761. The van der Waals surface area contributed by atoms with Gasteiger partial charge >= 0.3 is 0 Å². The number of hydrogen-bond donors (Lipinski definition) is 1. The Hall–Kier alpha value is 0.270. The standard InChI is InChI=1S/C6H14NO3P/c7-2-5-8-6-11-9-3-1-4-10-11/h1-7H2. The van der Waals surface area contributed by atoms with E-state index in [2.05, 4.69) is 0 Å². The van der Waals surface area contributed by atoms with Crippen molar-refractivity contribution in [2.24, 2.45) is 5.73 Å². The second kappa shape index (κ2) is 5.86. The van der Waals surface area contributed by atoms with E-state index in [1.807, 2.05) is 0 Å². The van der Waals surface area contributed by atoms with E-state index in [-0.39, 0.29) is 0 Å². The van der Waals surface area contributed by atoms with E-state index >= 15 is 0 Å². The van der Waals surface area contributed by atoms with E-state index in [4.69, 9.17) is 19.5 Å². The molecule has 1 aliphatic rings. The van der Waals surface area contributed by atoms with Crippen molar-refractivity contribution in [3.63, 3.8) is 0 Å². The average Bonchev–Trinajstić information content (AvgIpc) is 2.07. The first-order valence-electron chi connectivity index (χ1n) is 3.74. The van der Waals surface area contributed by atoms with Gasteiger partial charge in [0.1, 0.15) is 6.35 Å². The normalized spacial score (nSPS) is 20.5. The molecule has 0 aliphatic carbocycles. The Morgan fingerprint density at radius 2 is 2.09 bits per heavy atom. The molecule has 0 amide bonds. The first kappa shape index (κ1) is 9.36. The molecule has 1 fully saturated rings. The highest BCUT2D eigenvalue weighted by Crippen LogP contribution is 2.40. The van der Waals surface area contributed by atoms with Gasteiger partial charge in [-0.15, -0.1) is 0 Å². The van der Waals surface area contributed by atoms with Gasteiger partial charge < -0.3 is 19.5 Å². The maximum atomic E-state index is 5.30. The zero-order chi connectivity index (χ0) is 7.94. The summed E-state index contributed by atoms with van der Waals surface area (Å²) in [4.78, 5) is 0. The van der Waals surface area contributed by atoms with Crippen LogP contribution in [0, 0.1) is 0 Å². The first-order chi connectivity index (χ1) is 5.43. The van der Waals surface area contributed by atoms with Gasteiger partial charge in [0, 0.05) is 6.54 Å². The van der Waals surface area contributed by atoms with Gasteiger partial charge in [0.15, 0.2) is 8.38 Å². The van der Waals surface area contributed by atoms with Crippen LogP contribution in [0.15, 0.2) is 0 Å². The van der Waals surface area contributed by atoms with Crippen molar-refractivity contribution < 1.29 is 13.8 Å². The highest BCUT2D eigenvalue weighted by Gasteiger charge is 2.14. The average molecular weight is 179 g/mol. The zero-order valence-corrected chi connectivity index (χ0v) is 7.39. The fourth-order valence-corrected chi connectivity index (χ4v) is 1.89. The summed E-state index contributed by atoms with van der Waals surface area (Å²) in [5, 5.41) is 0. The monoisotopic (exact) mass is 179 g/mol. The molecule has 11 heavy (non-hydrogen) atoms. The fraction of sp³-hybridized carbons (Fsp3) is 1.00. The summed E-state index contributed by atoms with van der Waals surface area (Å²) in [6, 6.07) is 0. The molecule has 5 heteroatoms. The highest BCUT2D eigenvalue weighted by atomic mass is 31.2. The third kappa shape index (κ3) is 3.99. The molecule has 0 atom stereocenters. The van der Waals surface area contributed by atoms with Crippen LogP contribution in [0.25, 0.3) is 0 Å². The van der Waals surface area contributed by atoms with Gasteiger partial charge in [-0.2, -0.15) is 0 Å². The van der Waals surface area contributed by atoms with Crippen molar-refractivity contribution in [3.8, 4) is 0 Å². The minimum Gasteiger partial charge on any atom is -0.371 e.